The Morgan fingerprint density at radius 2 is 1.03 bits per heavy atom. The molecule has 0 amide bonds. The van der Waals surface area contributed by atoms with Crippen molar-refractivity contribution in [1.29, 1.82) is 0 Å². The molecule has 0 aliphatic rings. The van der Waals surface area contributed by atoms with Gasteiger partial charge in [0.1, 0.15) is 50.1 Å². The molecule has 2 aromatic carbocycles. The average Bonchev–Trinajstić information content (AvgIpc) is 2.88. The van der Waals surface area contributed by atoms with Crippen molar-refractivity contribution in [3.8, 4) is 11.5 Å². The summed E-state index contributed by atoms with van der Waals surface area (Å²) < 4.78 is 21.0. The third-order valence-electron chi connectivity index (χ3n) is 5.49. The third-order valence-corrected chi connectivity index (χ3v) is 5.49. The lowest BCUT2D eigenvalue weighted by atomic mass is 9.78. The molecule has 0 aromatic heterocycles. The fraction of sp³-hybridized carbons (Fsp3) is 0.481. The lowest BCUT2D eigenvalue weighted by Gasteiger charge is -2.26. The summed E-state index contributed by atoms with van der Waals surface area (Å²) in [7, 11) is 0. The number of esters is 2. The molecule has 0 fully saturated rings. The first kappa shape index (κ1) is 28.1. The minimum Gasteiger partial charge on any atom is -0.491 e. The summed E-state index contributed by atoms with van der Waals surface area (Å²) in [5.74, 6) is 0.500. The largest absolute Gasteiger partial charge is 0.491 e. The van der Waals surface area contributed by atoms with Crippen LogP contribution in [0.1, 0.15) is 51.7 Å². The summed E-state index contributed by atoms with van der Waals surface area (Å²) in [5, 5.41) is 19.8. The highest BCUT2D eigenvalue weighted by molar-refractivity contribution is 5.69. The summed E-state index contributed by atoms with van der Waals surface area (Å²) in [6.07, 6.45) is -1.26. The van der Waals surface area contributed by atoms with Crippen LogP contribution in [0.25, 0.3) is 0 Å². The molecule has 0 aliphatic heterocycles. The number of carbonyl (C=O) groups excluding carboxylic acids is 2. The Labute approximate surface area is 206 Å². The number of benzene rings is 2. The number of ether oxygens (including phenoxy) is 4. The molecule has 35 heavy (non-hydrogen) atoms. The lowest BCUT2D eigenvalue weighted by Crippen LogP contribution is -2.25. The molecule has 2 N–H and O–H groups in total. The van der Waals surface area contributed by atoms with Crippen molar-refractivity contribution in [2.75, 3.05) is 26.4 Å². The topological polar surface area (TPSA) is 112 Å². The van der Waals surface area contributed by atoms with Gasteiger partial charge in [0, 0.05) is 18.3 Å². The van der Waals surface area contributed by atoms with Gasteiger partial charge in [0.05, 0.1) is 0 Å². The number of hydrogen-bond acceptors (Lipinski definition) is 8. The number of aliphatic hydroxyl groups excluding tert-OH is 2. The molecule has 0 saturated carbocycles. The van der Waals surface area contributed by atoms with Crippen LogP contribution < -0.4 is 9.47 Å². The summed E-state index contributed by atoms with van der Waals surface area (Å²) in [6, 6.07) is 15.2. The molecule has 2 atom stereocenters. The van der Waals surface area contributed by atoms with Gasteiger partial charge in [-0.3, -0.25) is 9.59 Å². The Bertz CT molecular complexity index is 846. The maximum absolute atomic E-state index is 11.2. The van der Waals surface area contributed by atoms with Crippen LogP contribution in [-0.4, -0.2) is 60.8 Å². The number of rotatable bonds is 14. The molecule has 2 aromatic rings. The van der Waals surface area contributed by atoms with E-state index in [1.165, 1.54) is 0 Å². The molecule has 0 saturated heterocycles. The van der Waals surface area contributed by atoms with Crippen LogP contribution >= 0.6 is 0 Å². The maximum atomic E-state index is 11.2. The van der Waals surface area contributed by atoms with Crippen LogP contribution in [0.5, 0.6) is 11.5 Å². The zero-order valence-corrected chi connectivity index (χ0v) is 20.9. The van der Waals surface area contributed by atoms with Gasteiger partial charge in [0.25, 0.3) is 0 Å². The van der Waals surface area contributed by atoms with Crippen molar-refractivity contribution >= 4 is 11.9 Å². The van der Waals surface area contributed by atoms with Crippen molar-refractivity contribution in [3.05, 3.63) is 59.7 Å². The highest BCUT2D eigenvalue weighted by Crippen LogP contribution is 2.33. The Hall–Kier alpha value is -3.10. The van der Waals surface area contributed by atoms with Crippen LogP contribution in [-0.2, 0) is 24.5 Å². The van der Waals surface area contributed by atoms with E-state index < -0.39 is 12.2 Å². The van der Waals surface area contributed by atoms with Crippen LogP contribution in [0, 0.1) is 0 Å². The summed E-state index contributed by atoms with van der Waals surface area (Å²) in [5.41, 5.74) is 1.85. The van der Waals surface area contributed by atoms with Gasteiger partial charge in [-0.05, 0) is 35.4 Å². The van der Waals surface area contributed by atoms with E-state index in [2.05, 4.69) is 13.8 Å². The van der Waals surface area contributed by atoms with Crippen molar-refractivity contribution in [1.82, 2.24) is 0 Å². The van der Waals surface area contributed by atoms with Crippen molar-refractivity contribution < 1.29 is 38.7 Å². The zero-order chi connectivity index (χ0) is 25.8. The fourth-order valence-electron chi connectivity index (χ4n) is 3.17. The molecule has 8 heteroatoms. The van der Waals surface area contributed by atoms with Crippen LogP contribution in [0.4, 0.5) is 0 Å². The number of hydrogen-bond donors (Lipinski definition) is 2. The standard InChI is InChI=1S/C27H36O8/c1-5-25(30)34-17-21(28)15-32-23-11-7-19(8-12-23)27(3,4)20-9-13-24(14-10-20)33-16-22(29)18-35-26(31)6-2/h7-14,21-22,28-29H,5-6,15-18H2,1-4H3. The summed E-state index contributed by atoms with van der Waals surface area (Å²) in [6.45, 7) is 7.46. The first-order chi connectivity index (χ1) is 16.6. The van der Waals surface area contributed by atoms with E-state index in [4.69, 9.17) is 18.9 Å². The molecular weight excluding hydrogens is 452 g/mol. The molecule has 0 heterocycles. The molecule has 0 radical (unpaired) electrons. The van der Waals surface area contributed by atoms with Gasteiger partial charge >= 0.3 is 11.9 Å². The molecule has 2 rings (SSSR count). The van der Waals surface area contributed by atoms with Crippen LogP contribution in [0.15, 0.2) is 48.5 Å². The van der Waals surface area contributed by atoms with E-state index in [1.807, 2.05) is 48.5 Å². The monoisotopic (exact) mass is 488 g/mol. The molecular formula is C27H36O8. The van der Waals surface area contributed by atoms with Gasteiger partial charge in [-0.1, -0.05) is 52.0 Å². The smallest absolute Gasteiger partial charge is 0.305 e. The second kappa shape index (κ2) is 13.7. The summed E-state index contributed by atoms with van der Waals surface area (Å²) >= 11 is 0. The van der Waals surface area contributed by atoms with Crippen molar-refractivity contribution in [2.45, 2.75) is 58.2 Å². The fourth-order valence-corrected chi connectivity index (χ4v) is 3.17. The summed E-state index contributed by atoms with van der Waals surface area (Å²) in [4.78, 5) is 22.3. The molecule has 8 nitrogen and oxygen atoms in total. The quantitative estimate of drug-likeness (QED) is 0.389. The van der Waals surface area contributed by atoms with Crippen LogP contribution in [0.2, 0.25) is 0 Å². The van der Waals surface area contributed by atoms with Gasteiger partial charge < -0.3 is 29.2 Å². The van der Waals surface area contributed by atoms with E-state index in [9.17, 15) is 19.8 Å². The van der Waals surface area contributed by atoms with Crippen molar-refractivity contribution in [3.63, 3.8) is 0 Å². The molecule has 0 spiro atoms. The predicted octanol–water partition coefficient (Wildman–Crippen LogP) is 3.40. The van der Waals surface area contributed by atoms with Crippen LogP contribution in [0.3, 0.4) is 0 Å². The van der Waals surface area contributed by atoms with E-state index in [0.717, 1.165) is 11.1 Å². The van der Waals surface area contributed by atoms with Gasteiger partial charge in [-0.2, -0.15) is 0 Å². The normalized spacial score (nSPS) is 13.0. The minimum atomic E-state index is -0.894. The Balaban J connectivity index is 1.88. The van der Waals surface area contributed by atoms with Gasteiger partial charge in [-0.15, -0.1) is 0 Å². The molecule has 2 unspecified atom stereocenters. The van der Waals surface area contributed by atoms with E-state index in [-0.39, 0.29) is 56.6 Å². The van der Waals surface area contributed by atoms with E-state index in [0.29, 0.717) is 11.5 Å². The minimum absolute atomic E-state index is 0.0247. The zero-order valence-electron chi connectivity index (χ0n) is 20.9. The highest BCUT2D eigenvalue weighted by Gasteiger charge is 2.23. The Morgan fingerprint density at radius 1 is 0.686 bits per heavy atom. The van der Waals surface area contributed by atoms with Gasteiger partial charge in [0.15, 0.2) is 0 Å². The molecule has 192 valence electrons. The third kappa shape index (κ3) is 9.22. The second-order valence-electron chi connectivity index (χ2n) is 8.68. The highest BCUT2D eigenvalue weighted by atomic mass is 16.6. The maximum Gasteiger partial charge on any atom is 0.305 e. The Morgan fingerprint density at radius 3 is 1.34 bits per heavy atom. The average molecular weight is 489 g/mol. The SMILES string of the molecule is CCC(=O)OCC(O)COc1ccc(C(C)(C)c2ccc(OCC(O)COC(=O)CC)cc2)cc1. The number of carbonyl (C=O) groups is 2. The van der Waals surface area contributed by atoms with E-state index >= 15 is 0 Å². The predicted molar refractivity (Wildman–Crippen MR) is 131 cm³/mol. The van der Waals surface area contributed by atoms with Gasteiger partial charge in [0.2, 0.25) is 0 Å². The lowest BCUT2D eigenvalue weighted by molar-refractivity contribution is -0.147. The van der Waals surface area contributed by atoms with Crippen molar-refractivity contribution in [2.24, 2.45) is 0 Å². The van der Waals surface area contributed by atoms with E-state index in [1.54, 1.807) is 13.8 Å². The first-order valence-electron chi connectivity index (χ1n) is 11.8. The van der Waals surface area contributed by atoms with Gasteiger partial charge in [-0.25, -0.2) is 0 Å². The molecule has 0 bridgehead atoms. The second-order valence-corrected chi connectivity index (χ2v) is 8.68. The Kier molecular flexibility index (Phi) is 11.0. The number of aliphatic hydroxyl groups is 2. The first-order valence-corrected chi connectivity index (χ1v) is 11.8. The molecule has 0 aliphatic carbocycles.